The Balaban J connectivity index is 1.78. The number of ether oxygens (including phenoxy) is 1. The van der Waals surface area contributed by atoms with Crippen molar-refractivity contribution in [3.63, 3.8) is 0 Å². The molecule has 10 heteroatoms. The Hall–Kier alpha value is -2.12. The molecule has 3 rings (SSSR count). The molecule has 2 aliphatic carbocycles. The number of hydrogen-bond donors (Lipinski definition) is 2. The van der Waals surface area contributed by atoms with Crippen molar-refractivity contribution in [3.8, 4) is 0 Å². The molecule has 1 aliphatic heterocycles. The van der Waals surface area contributed by atoms with Crippen LogP contribution in [0.2, 0.25) is 0 Å². The van der Waals surface area contributed by atoms with Gasteiger partial charge in [0.2, 0.25) is 19.2 Å². The second-order valence-corrected chi connectivity index (χ2v) is 13.5. The molecule has 3 fully saturated rings. The van der Waals surface area contributed by atoms with Crippen molar-refractivity contribution in [3.05, 3.63) is 25.1 Å². The molecule has 0 spiro atoms. The zero-order valence-corrected chi connectivity index (χ0v) is 22.3. The number of carbonyl (C=O) groups excluding carboxylic acids is 3. The van der Waals surface area contributed by atoms with Crippen molar-refractivity contribution in [1.29, 1.82) is 0 Å². The maximum absolute atomic E-state index is 13.7. The van der Waals surface area contributed by atoms with Gasteiger partial charge in [-0.2, -0.15) is 0 Å². The van der Waals surface area contributed by atoms with Gasteiger partial charge in [-0.05, 0) is 56.2 Å². The molecule has 35 heavy (non-hydrogen) atoms. The number of nitrogens with one attached hydrogen (secondary N) is 1. The summed E-state index contributed by atoms with van der Waals surface area (Å²) in [6, 6.07) is -1.67. The van der Waals surface area contributed by atoms with Crippen LogP contribution in [0.25, 0.3) is 0 Å². The van der Waals surface area contributed by atoms with E-state index >= 15 is 0 Å². The van der Waals surface area contributed by atoms with Gasteiger partial charge in [-0.1, -0.05) is 33.4 Å². The molecule has 1 heterocycles. The Kier molecular flexibility index (Phi) is 7.92. The molecule has 0 aromatic rings. The molecule has 1 saturated heterocycles. The molecule has 9 nitrogen and oxygen atoms in total. The van der Waals surface area contributed by atoms with Gasteiger partial charge in [0.25, 0.3) is 0 Å². The van der Waals surface area contributed by atoms with Gasteiger partial charge in [-0.25, -0.2) is 4.79 Å². The van der Waals surface area contributed by atoms with Crippen LogP contribution in [0.15, 0.2) is 25.1 Å². The van der Waals surface area contributed by atoms with Crippen LogP contribution in [-0.2, 0) is 18.9 Å². The van der Waals surface area contributed by atoms with Crippen LogP contribution in [0.4, 0.5) is 4.79 Å². The van der Waals surface area contributed by atoms with Gasteiger partial charge >= 0.3 is 6.09 Å². The zero-order chi connectivity index (χ0) is 26.2. The fourth-order valence-corrected chi connectivity index (χ4v) is 7.37. The Morgan fingerprint density at radius 1 is 1.20 bits per heavy atom. The summed E-state index contributed by atoms with van der Waals surface area (Å²) >= 11 is 0. The normalized spacial score (nSPS) is 29.1. The van der Waals surface area contributed by atoms with E-state index in [1.807, 2.05) is 20.8 Å². The van der Waals surface area contributed by atoms with Crippen LogP contribution in [-0.4, -0.2) is 69.7 Å². The first-order chi connectivity index (χ1) is 16.3. The van der Waals surface area contributed by atoms with E-state index < -0.39 is 42.1 Å². The SMILES string of the molecule is C=C[C@@H]1C[C@]1(N(C)C(=O)[C@@H]1CCCN1C(=O)[C@@H](NC(=O)OC1CCCC1)C(C)(C)C)P(=O)(O)C=C. The standard InChI is InChI=1S/C25H40N3O6P/c1-7-17-16-25(17,35(32,33)8-2)27(6)21(29)19-14-11-15-28(19)22(30)20(24(3,4)5)26-23(31)34-18-12-9-10-13-18/h7-8,17-20H,1-2,9-16H2,3-6H3,(H,26,31)(H,32,33)/t17-,19+,20-,25+/m1/s1. The number of carbonyl (C=O) groups is 3. The second-order valence-electron chi connectivity index (χ2n) is 11.1. The molecule has 0 radical (unpaired) electrons. The van der Waals surface area contributed by atoms with Crippen molar-refractivity contribution < 1.29 is 28.6 Å². The molecule has 1 unspecified atom stereocenters. The summed E-state index contributed by atoms with van der Waals surface area (Å²) in [5.74, 6) is -0.0540. The van der Waals surface area contributed by atoms with Gasteiger partial charge in [-0.15, -0.1) is 6.58 Å². The third kappa shape index (κ3) is 5.21. The van der Waals surface area contributed by atoms with Crippen LogP contribution in [0.5, 0.6) is 0 Å². The van der Waals surface area contributed by atoms with Gasteiger partial charge in [0.05, 0.1) is 0 Å². The summed E-state index contributed by atoms with van der Waals surface area (Å²) < 4.78 is 18.5. The Labute approximate surface area is 208 Å². The zero-order valence-electron chi connectivity index (χ0n) is 21.4. The smallest absolute Gasteiger partial charge is 0.408 e. The number of likely N-dealkylation sites (tertiary alicyclic amines) is 1. The van der Waals surface area contributed by atoms with Gasteiger partial charge < -0.3 is 24.7 Å². The van der Waals surface area contributed by atoms with Crippen molar-refractivity contribution >= 4 is 25.3 Å². The number of alkyl carbamates (subject to hydrolysis) is 1. The van der Waals surface area contributed by atoms with E-state index in [4.69, 9.17) is 4.74 Å². The van der Waals surface area contributed by atoms with Crippen molar-refractivity contribution in [2.45, 2.75) is 89.2 Å². The summed E-state index contributed by atoms with van der Waals surface area (Å²) in [7, 11) is -2.38. The molecule has 2 saturated carbocycles. The van der Waals surface area contributed by atoms with Gasteiger partial charge in [-0.3, -0.25) is 14.2 Å². The predicted octanol–water partition coefficient (Wildman–Crippen LogP) is 3.84. The number of rotatable bonds is 8. The van der Waals surface area contributed by atoms with E-state index in [0.29, 0.717) is 25.8 Å². The number of amides is 3. The molecule has 5 atom stereocenters. The summed E-state index contributed by atoms with van der Waals surface area (Å²) in [4.78, 5) is 53.3. The fraction of sp³-hybridized carbons (Fsp3) is 0.720. The number of nitrogens with zero attached hydrogens (tertiary/aromatic N) is 2. The Morgan fingerprint density at radius 3 is 2.34 bits per heavy atom. The third-order valence-electron chi connectivity index (χ3n) is 7.72. The minimum absolute atomic E-state index is 0.132. The van der Waals surface area contributed by atoms with Crippen LogP contribution in [0.1, 0.15) is 65.7 Å². The summed E-state index contributed by atoms with van der Waals surface area (Å²) in [6.45, 7) is 13.2. The van der Waals surface area contributed by atoms with E-state index in [0.717, 1.165) is 31.5 Å². The Bertz CT molecular complexity index is 925. The molecule has 196 valence electrons. The highest BCUT2D eigenvalue weighted by molar-refractivity contribution is 7.63. The summed E-state index contributed by atoms with van der Waals surface area (Å²) in [6.07, 6.45) is 5.90. The van der Waals surface area contributed by atoms with Crippen LogP contribution < -0.4 is 5.32 Å². The minimum atomic E-state index is -3.89. The lowest BCUT2D eigenvalue weighted by atomic mass is 9.85. The average molecular weight is 510 g/mol. The number of hydrogen-bond acceptors (Lipinski definition) is 5. The van der Waals surface area contributed by atoms with Gasteiger partial charge in [0.1, 0.15) is 23.5 Å². The average Bonchev–Trinajstić information content (AvgIpc) is 3.11. The fourth-order valence-electron chi connectivity index (χ4n) is 5.49. The molecule has 0 aromatic heterocycles. The molecule has 2 N–H and O–H groups in total. The largest absolute Gasteiger partial charge is 0.446 e. The van der Waals surface area contributed by atoms with E-state index in [9.17, 15) is 23.8 Å². The molecule has 0 aromatic carbocycles. The molecular formula is C25H40N3O6P. The van der Waals surface area contributed by atoms with E-state index in [1.54, 1.807) is 6.08 Å². The van der Waals surface area contributed by atoms with E-state index in [-0.39, 0.29) is 17.9 Å². The van der Waals surface area contributed by atoms with Gasteiger partial charge in [0, 0.05) is 19.5 Å². The summed E-state index contributed by atoms with van der Waals surface area (Å²) in [5, 5.41) is 1.47. The van der Waals surface area contributed by atoms with Crippen molar-refractivity contribution in [2.24, 2.45) is 11.3 Å². The topological polar surface area (TPSA) is 116 Å². The third-order valence-corrected chi connectivity index (χ3v) is 10.1. The first-order valence-corrected chi connectivity index (χ1v) is 14.2. The lowest BCUT2D eigenvalue weighted by Gasteiger charge is -2.38. The molecule has 3 aliphatic rings. The van der Waals surface area contributed by atoms with Crippen LogP contribution in [0, 0.1) is 11.3 Å². The van der Waals surface area contributed by atoms with Crippen LogP contribution >= 0.6 is 7.37 Å². The monoisotopic (exact) mass is 509 g/mol. The second kappa shape index (κ2) is 10.1. The lowest BCUT2D eigenvalue weighted by molar-refractivity contribution is -0.146. The Morgan fingerprint density at radius 2 is 1.83 bits per heavy atom. The maximum atomic E-state index is 13.7. The van der Waals surface area contributed by atoms with Crippen molar-refractivity contribution in [1.82, 2.24) is 15.1 Å². The quantitative estimate of drug-likeness (QED) is 0.379. The predicted molar refractivity (Wildman–Crippen MR) is 134 cm³/mol. The van der Waals surface area contributed by atoms with E-state index in [1.165, 1.54) is 16.8 Å². The molecule has 3 amide bonds. The first kappa shape index (κ1) is 27.5. The number of likely N-dealkylation sites (N-methyl/N-ethyl adjacent to an activating group) is 1. The maximum Gasteiger partial charge on any atom is 0.408 e. The lowest BCUT2D eigenvalue weighted by Crippen LogP contribution is -2.58. The van der Waals surface area contributed by atoms with E-state index in [2.05, 4.69) is 18.5 Å². The molecule has 0 bridgehead atoms. The molecular weight excluding hydrogens is 469 g/mol. The minimum Gasteiger partial charge on any atom is -0.446 e. The van der Waals surface area contributed by atoms with Gasteiger partial charge in [0.15, 0.2) is 0 Å². The first-order valence-electron chi connectivity index (χ1n) is 12.4. The highest BCUT2D eigenvalue weighted by Gasteiger charge is 2.67. The highest BCUT2D eigenvalue weighted by Crippen LogP contribution is 2.72. The highest BCUT2D eigenvalue weighted by atomic mass is 31.2. The van der Waals surface area contributed by atoms with Crippen molar-refractivity contribution in [2.75, 3.05) is 13.6 Å². The summed E-state index contributed by atoms with van der Waals surface area (Å²) in [5.41, 5.74) is -0.622. The van der Waals surface area contributed by atoms with Crippen LogP contribution in [0.3, 0.4) is 0 Å².